The molecule has 1 N–H and O–H groups in total. The Kier molecular flexibility index (Phi) is 7.27. The number of hydrogen-bond acceptors (Lipinski definition) is 3. The van der Waals surface area contributed by atoms with Crippen molar-refractivity contribution >= 4 is 18.3 Å². The Balaban J connectivity index is 0.00000200. The van der Waals surface area contributed by atoms with Gasteiger partial charge in [-0.25, -0.2) is 0 Å². The van der Waals surface area contributed by atoms with Gasteiger partial charge in [0.05, 0.1) is 6.04 Å². The number of piperazine rings is 1. The first-order valence-electron chi connectivity index (χ1n) is 7.87. The van der Waals surface area contributed by atoms with E-state index >= 15 is 0 Å². The van der Waals surface area contributed by atoms with E-state index in [0.717, 1.165) is 26.2 Å². The Bertz CT molecular complexity index is 295. The third-order valence-corrected chi connectivity index (χ3v) is 4.41. The Hall–Kier alpha value is -0.320. The summed E-state index contributed by atoms with van der Waals surface area (Å²) in [6.07, 6.45) is 4.90. The monoisotopic (exact) mass is 303 g/mol. The fraction of sp³-hybridized carbons (Fsp3) is 0.933. The van der Waals surface area contributed by atoms with Crippen LogP contribution in [0.15, 0.2) is 0 Å². The van der Waals surface area contributed by atoms with Gasteiger partial charge in [-0.05, 0) is 33.6 Å². The molecule has 2 aliphatic rings. The topological polar surface area (TPSA) is 35.6 Å². The van der Waals surface area contributed by atoms with Gasteiger partial charge in [-0.3, -0.25) is 9.69 Å². The van der Waals surface area contributed by atoms with Gasteiger partial charge >= 0.3 is 0 Å². The molecule has 1 amide bonds. The molecule has 0 aromatic carbocycles. The number of likely N-dealkylation sites (tertiary alicyclic amines) is 1. The molecule has 0 aliphatic carbocycles. The van der Waals surface area contributed by atoms with Gasteiger partial charge in [-0.2, -0.15) is 0 Å². The highest BCUT2D eigenvalue weighted by Crippen LogP contribution is 2.15. The van der Waals surface area contributed by atoms with E-state index in [-0.39, 0.29) is 18.4 Å². The maximum Gasteiger partial charge on any atom is 0.239 e. The molecule has 0 bridgehead atoms. The van der Waals surface area contributed by atoms with E-state index < -0.39 is 0 Å². The minimum atomic E-state index is 0. The first-order valence-corrected chi connectivity index (χ1v) is 7.87. The number of carbonyl (C=O) groups excluding carboxylic acids is 1. The highest BCUT2D eigenvalue weighted by molar-refractivity contribution is 5.85. The molecule has 3 unspecified atom stereocenters. The van der Waals surface area contributed by atoms with Crippen molar-refractivity contribution in [2.24, 2.45) is 0 Å². The first kappa shape index (κ1) is 17.7. The van der Waals surface area contributed by atoms with Gasteiger partial charge in [0.15, 0.2) is 0 Å². The minimum Gasteiger partial charge on any atom is -0.341 e. The Morgan fingerprint density at radius 2 is 1.55 bits per heavy atom. The summed E-state index contributed by atoms with van der Waals surface area (Å²) < 4.78 is 0. The highest BCUT2D eigenvalue weighted by Gasteiger charge is 2.30. The van der Waals surface area contributed by atoms with Crippen LogP contribution in [0.3, 0.4) is 0 Å². The average Bonchev–Trinajstić information content (AvgIpc) is 2.64. The van der Waals surface area contributed by atoms with Crippen molar-refractivity contribution < 1.29 is 4.79 Å². The van der Waals surface area contributed by atoms with Gasteiger partial charge in [-0.1, -0.05) is 12.8 Å². The zero-order valence-corrected chi connectivity index (χ0v) is 13.9. The molecule has 5 heteroatoms. The molecule has 0 aromatic heterocycles. The summed E-state index contributed by atoms with van der Waals surface area (Å²) in [5.74, 6) is 0.336. The van der Waals surface area contributed by atoms with E-state index in [1.54, 1.807) is 0 Å². The molecule has 0 spiro atoms. The molecule has 0 saturated carbocycles. The summed E-state index contributed by atoms with van der Waals surface area (Å²) in [6, 6.07) is 0.983. The van der Waals surface area contributed by atoms with E-state index in [4.69, 9.17) is 0 Å². The second-order valence-electron chi connectivity index (χ2n) is 6.34. The molecular weight excluding hydrogens is 274 g/mol. The predicted octanol–water partition coefficient (Wildman–Crippen LogP) is 1.88. The van der Waals surface area contributed by atoms with E-state index in [1.165, 1.54) is 25.7 Å². The van der Waals surface area contributed by atoms with Crippen LogP contribution in [-0.4, -0.2) is 60.0 Å². The van der Waals surface area contributed by atoms with Crippen molar-refractivity contribution in [2.45, 2.75) is 64.6 Å². The maximum absolute atomic E-state index is 12.6. The summed E-state index contributed by atoms with van der Waals surface area (Å²) in [5.41, 5.74) is 0. The lowest BCUT2D eigenvalue weighted by Gasteiger charge is -2.40. The Morgan fingerprint density at radius 1 is 1.05 bits per heavy atom. The van der Waals surface area contributed by atoms with Gasteiger partial charge in [0.2, 0.25) is 5.91 Å². The number of carbonyl (C=O) groups is 1. The number of halogens is 1. The number of nitrogens with zero attached hydrogens (tertiary/aromatic N) is 2. The van der Waals surface area contributed by atoms with E-state index in [1.807, 2.05) is 0 Å². The van der Waals surface area contributed by atoms with Crippen LogP contribution in [0.25, 0.3) is 0 Å². The van der Waals surface area contributed by atoms with Crippen LogP contribution < -0.4 is 5.32 Å². The molecule has 118 valence electrons. The van der Waals surface area contributed by atoms with Crippen molar-refractivity contribution in [2.75, 3.05) is 26.2 Å². The summed E-state index contributed by atoms with van der Waals surface area (Å²) in [7, 11) is 0. The van der Waals surface area contributed by atoms with Crippen molar-refractivity contribution in [1.82, 2.24) is 15.1 Å². The van der Waals surface area contributed by atoms with Crippen LogP contribution in [-0.2, 0) is 4.79 Å². The van der Waals surface area contributed by atoms with E-state index in [9.17, 15) is 4.79 Å². The first-order chi connectivity index (χ1) is 9.08. The lowest BCUT2D eigenvalue weighted by molar-refractivity contribution is -0.137. The van der Waals surface area contributed by atoms with E-state index in [2.05, 4.69) is 35.9 Å². The second kappa shape index (κ2) is 8.20. The van der Waals surface area contributed by atoms with Gasteiger partial charge in [0.1, 0.15) is 0 Å². The van der Waals surface area contributed by atoms with Gasteiger partial charge in [-0.15, -0.1) is 12.4 Å². The second-order valence-corrected chi connectivity index (χ2v) is 6.34. The summed E-state index contributed by atoms with van der Waals surface area (Å²) in [4.78, 5) is 17.1. The Morgan fingerprint density at radius 3 is 2.05 bits per heavy atom. The standard InChI is InChI=1S/C15H29N3O.ClH/c1-12-10-18(11-13(2)16-12)14(3)15(19)17-8-6-4-5-7-9-17;/h12-14,16H,4-11H2,1-3H3;1H. The molecule has 2 heterocycles. The smallest absolute Gasteiger partial charge is 0.239 e. The van der Waals surface area contributed by atoms with Crippen LogP contribution in [0.5, 0.6) is 0 Å². The van der Waals surface area contributed by atoms with Crippen molar-refractivity contribution in [1.29, 1.82) is 0 Å². The van der Waals surface area contributed by atoms with Gasteiger partial charge in [0, 0.05) is 38.3 Å². The number of hydrogen-bond donors (Lipinski definition) is 1. The van der Waals surface area contributed by atoms with Crippen LogP contribution in [0.4, 0.5) is 0 Å². The largest absolute Gasteiger partial charge is 0.341 e. The summed E-state index contributed by atoms with van der Waals surface area (Å²) in [6.45, 7) is 10.4. The lowest BCUT2D eigenvalue weighted by Crippen LogP contribution is -2.59. The van der Waals surface area contributed by atoms with E-state index in [0.29, 0.717) is 18.0 Å². The number of nitrogens with one attached hydrogen (secondary N) is 1. The molecule has 3 atom stereocenters. The SMILES string of the molecule is CC1CN(C(C)C(=O)N2CCCCCC2)CC(C)N1.Cl. The van der Waals surface area contributed by atoms with Gasteiger partial charge < -0.3 is 10.2 Å². The normalized spacial score (nSPS) is 30.2. The summed E-state index contributed by atoms with van der Waals surface area (Å²) in [5, 5.41) is 3.53. The maximum atomic E-state index is 12.6. The average molecular weight is 304 g/mol. The molecular formula is C15H30ClN3O. The third-order valence-electron chi connectivity index (χ3n) is 4.41. The summed E-state index contributed by atoms with van der Waals surface area (Å²) >= 11 is 0. The fourth-order valence-corrected chi connectivity index (χ4v) is 3.40. The Labute approximate surface area is 129 Å². The molecule has 2 fully saturated rings. The predicted molar refractivity (Wildman–Crippen MR) is 85.4 cm³/mol. The fourth-order valence-electron chi connectivity index (χ4n) is 3.40. The molecule has 0 aromatic rings. The van der Waals surface area contributed by atoms with Gasteiger partial charge in [0.25, 0.3) is 0 Å². The lowest BCUT2D eigenvalue weighted by atomic mass is 10.1. The molecule has 2 saturated heterocycles. The highest BCUT2D eigenvalue weighted by atomic mass is 35.5. The zero-order valence-electron chi connectivity index (χ0n) is 13.1. The minimum absolute atomic E-state index is 0. The van der Waals surface area contributed by atoms with Crippen LogP contribution in [0.2, 0.25) is 0 Å². The molecule has 0 radical (unpaired) electrons. The number of amides is 1. The molecule has 20 heavy (non-hydrogen) atoms. The van der Waals surface area contributed by atoms with Crippen LogP contribution >= 0.6 is 12.4 Å². The molecule has 2 aliphatic heterocycles. The van der Waals surface area contributed by atoms with Crippen LogP contribution in [0.1, 0.15) is 46.5 Å². The quantitative estimate of drug-likeness (QED) is 0.846. The van der Waals surface area contributed by atoms with Crippen LogP contribution in [0, 0.1) is 0 Å². The van der Waals surface area contributed by atoms with Crippen molar-refractivity contribution in [3.05, 3.63) is 0 Å². The van der Waals surface area contributed by atoms with Crippen molar-refractivity contribution in [3.63, 3.8) is 0 Å². The third kappa shape index (κ3) is 4.61. The number of rotatable bonds is 2. The van der Waals surface area contributed by atoms with Crippen molar-refractivity contribution in [3.8, 4) is 0 Å². The molecule has 2 rings (SSSR count). The zero-order chi connectivity index (χ0) is 13.8. The molecule has 4 nitrogen and oxygen atoms in total.